The summed E-state index contributed by atoms with van der Waals surface area (Å²) in [5.74, 6) is 0. The van der Waals surface area contributed by atoms with Crippen molar-refractivity contribution < 1.29 is 0 Å². The molecule has 0 aliphatic carbocycles. The van der Waals surface area contributed by atoms with Crippen LogP contribution in [0.3, 0.4) is 0 Å². The Balaban J connectivity index is 2.04. The van der Waals surface area contributed by atoms with E-state index in [-0.39, 0.29) is 0 Å². The van der Waals surface area contributed by atoms with Crippen molar-refractivity contribution in [3.05, 3.63) is 59.2 Å². The van der Waals surface area contributed by atoms with Crippen LogP contribution in [0.25, 0.3) is 10.9 Å². The molecule has 2 aromatic carbocycles. The molecule has 1 aromatic heterocycles. The lowest BCUT2D eigenvalue weighted by Gasteiger charge is -2.07. The molecule has 0 saturated heterocycles. The fourth-order valence-electron chi connectivity index (χ4n) is 2.02. The predicted molar refractivity (Wildman–Crippen MR) is 74.7 cm³/mol. The molecule has 0 aliphatic heterocycles. The van der Waals surface area contributed by atoms with Crippen molar-refractivity contribution in [2.75, 3.05) is 5.73 Å². The third kappa shape index (κ3) is 1.93. The van der Waals surface area contributed by atoms with E-state index in [1.165, 1.54) is 0 Å². The smallest absolute Gasteiger partial charge is 0.0687 e. The van der Waals surface area contributed by atoms with Crippen LogP contribution in [0.15, 0.2) is 48.7 Å². The highest BCUT2D eigenvalue weighted by molar-refractivity contribution is 6.30. The number of para-hydroxylation sites is 1. The summed E-state index contributed by atoms with van der Waals surface area (Å²) in [6, 6.07) is 13.6. The van der Waals surface area contributed by atoms with Crippen molar-refractivity contribution in [2.24, 2.45) is 0 Å². The lowest BCUT2D eigenvalue weighted by atomic mass is 10.2. The molecule has 0 unspecified atom stereocenters. The molecule has 0 amide bonds. The van der Waals surface area contributed by atoms with Crippen molar-refractivity contribution in [3.8, 4) is 0 Å². The average Bonchev–Trinajstić information content (AvgIpc) is 2.78. The van der Waals surface area contributed by atoms with Crippen LogP contribution in [-0.2, 0) is 6.54 Å². The Morgan fingerprint density at radius 1 is 1.17 bits per heavy atom. The zero-order valence-corrected chi connectivity index (χ0v) is 10.4. The maximum atomic E-state index is 5.99. The third-order valence-electron chi connectivity index (χ3n) is 2.98. The predicted octanol–water partition coefficient (Wildman–Crippen LogP) is 3.32. The van der Waals surface area contributed by atoms with Gasteiger partial charge in [-0.3, -0.25) is 4.68 Å². The fourth-order valence-corrected chi connectivity index (χ4v) is 2.22. The van der Waals surface area contributed by atoms with Gasteiger partial charge in [0.2, 0.25) is 0 Å². The van der Waals surface area contributed by atoms with Gasteiger partial charge < -0.3 is 5.73 Å². The van der Waals surface area contributed by atoms with Crippen molar-refractivity contribution in [1.82, 2.24) is 9.78 Å². The van der Waals surface area contributed by atoms with Crippen LogP contribution >= 0.6 is 11.6 Å². The Morgan fingerprint density at radius 3 is 2.89 bits per heavy atom. The third-order valence-corrected chi connectivity index (χ3v) is 3.21. The molecular formula is C14H12ClN3. The molecular weight excluding hydrogens is 246 g/mol. The Bertz CT molecular complexity index is 703. The highest BCUT2D eigenvalue weighted by Crippen LogP contribution is 2.21. The summed E-state index contributed by atoms with van der Waals surface area (Å²) in [5.41, 5.74) is 8.76. The number of fused-ring (bicyclic) bond motifs is 1. The van der Waals surface area contributed by atoms with Gasteiger partial charge >= 0.3 is 0 Å². The summed E-state index contributed by atoms with van der Waals surface area (Å²) in [5, 5.41) is 6.19. The second kappa shape index (κ2) is 4.35. The van der Waals surface area contributed by atoms with Crippen LogP contribution in [-0.4, -0.2) is 9.78 Å². The zero-order chi connectivity index (χ0) is 12.5. The number of halogens is 1. The van der Waals surface area contributed by atoms with Gasteiger partial charge in [0.1, 0.15) is 0 Å². The highest BCUT2D eigenvalue weighted by Gasteiger charge is 2.05. The maximum Gasteiger partial charge on any atom is 0.0687 e. The molecule has 0 bridgehead atoms. The van der Waals surface area contributed by atoms with E-state index in [1.54, 1.807) is 6.07 Å². The highest BCUT2D eigenvalue weighted by atomic mass is 35.5. The standard InChI is InChI=1S/C14H12ClN3/c15-12-5-6-13(16)11(7-12)9-18-14-4-2-1-3-10(14)8-17-18/h1-8H,9,16H2. The van der Waals surface area contributed by atoms with Gasteiger partial charge in [-0.15, -0.1) is 0 Å². The number of hydrogen-bond acceptors (Lipinski definition) is 2. The lowest BCUT2D eigenvalue weighted by molar-refractivity contribution is 0.713. The van der Waals surface area contributed by atoms with Crippen LogP contribution < -0.4 is 5.73 Å². The van der Waals surface area contributed by atoms with Crippen molar-refractivity contribution in [1.29, 1.82) is 0 Å². The lowest BCUT2D eigenvalue weighted by Crippen LogP contribution is -2.04. The number of aromatic nitrogens is 2. The quantitative estimate of drug-likeness (QED) is 0.716. The minimum Gasteiger partial charge on any atom is -0.398 e. The van der Waals surface area contributed by atoms with Crippen LogP contribution in [0.2, 0.25) is 5.02 Å². The first kappa shape index (κ1) is 11.1. The van der Waals surface area contributed by atoms with Crippen molar-refractivity contribution >= 4 is 28.2 Å². The number of anilines is 1. The number of rotatable bonds is 2. The van der Waals surface area contributed by atoms with Crippen LogP contribution in [0.4, 0.5) is 5.69 Å². The summed E-state index contributed by atoms with van der Waals surface area (Å²) >= 11 is 5.99. The van der Waals surface area contributed by atoms with Gasteiger partial charge in [0, 0.05) is 16.1 Å². The molecule has 0 radical (unpaired) electrons. The fraction of sp³-hybridized carbons (Fsp3) is 0.0714. The van der Waals surface area contributed by atoms with E-state index in [0.717, 1.165) is 22.2 Å². The van der Waals surface area contributed by atoms with Gasteiger partial charge in [-0.05, 0) is 29.8 Å². The van der Waals surface area contributed by atoms with Gasteiger partial charge in [0.15, 0.2) is 0 Å². The van der Waals surface area contributed by atoms with Crippen LogP contribution in [0, 0.1) is 0 Å². The molecule has 1 heterocycles. The molecule has 3 aromatic rings. The van der Waals surface area contributed by atoms with E-state index >= 15 is 0 Å². The summed E-state index contributed by atoms with van der Waals surface area (Å²) in [4.78, 5) is 0. The largest absolute Gasteiger partial charge is 0.398 e. The Morgan fingerprint density at radius 2 is 2.00 bits per heavy atom. The summed E-state index contributed by atoms with van der Waals surface area (Å²) in [7, 11) is 0. The second-order valence-electron chi connectivity index (χ2n) is 4.20. The molecule has 0 saturated carbocycles. The molecule has 0 spiro atoms. The minimum atomic E-state index is 0.625. The van der Waals surface area contributed by atoms with Crippen LogP contribution in [0.5, 0.6) is 0 Å². The molecule has 18 heavy (non-hydrogen) atoms. The van der Waals surface area contributed by atoms with Crippen molar-refractivity contribution in [3.63, 3.8) is 0 Å². The first-order valence-electron chi connectivity index (χ1n) is 5.68. The Hall–Kier alpha value is -2.00. The van der Waals surface area contributed by atoms with E-state index in [4.69, 9.17) is 17.3 Å². The van der Waals surface area contributed by atoms with Gasteiger partial charge in [-0.25, -0.2) is 0 Å². The Labute approximate surface area is 110 Å². The number of benzene rings is 2. The first-order valence-corrected chi connectivity index (χ1v) is 6.06. The molecule has 90 valence electrons. The van der Waals surface area contributed by atoms with E-state index in [0.29, 0.717) is 11.6 Å². The van der Waals surface area contributed by atoms with Gasteiger partial charge in [-0.2, -0.15) is 5.10 Å². The molecule has 0 aliphatic rings. The number of hydrogen-bond donors (Lipinski definition) is 1. The van der Waals surface area contributed by atoms with Gasteiger partial charge in [0.05, 0.1) is 18.3 Å². The Kier molecular flexibility index (Phi) is 2.68. The zero-order valence-electron chi connectivity index (χ0n) is 9.68. The molecule has 4 heteroatoms. The molecule has 0 atom stereocenters. The number of nitrogen functional groups attached to an aromatic ring is 1. The molecule has 2 N–H and O–H groups in total. The topological polar surface area (TPSA) is 43.8 Å². The van der Waals surface area contributed by atoms with Gasteiger partial charge in [-0.1, -0.05) is 29.8 Å². The van der Waals surface area contributed by atoms with Crippen molar-refractivity contribution in [2.45, 2.75) is 6.54 Å². The van der Waals surface area contributed by atoms with Gasteiger partial charge in [0.25, 0.3) is 0 Å². The first-order chi connectivity index (χ1) is 8.74. The van der Waals surface area contributed by atoms with Crippen LogP contribution in [0.1, 0.15) is 5.56 Å². The SMILES string of the molecule is Nc1ccc(Cl)cc1Cn1ncc2ccccc21. The maximum absolute atomic E-state index is 5.99. The molecule has 3 rings (SSSR count). The minimum absolute atomic E-state index is 0.625. The number of nitrogens with two attached hydrogens (primary N) is 1. The molecule has 0 fully saturated rings. The molecule has 3 nitrogen and oxygen atoms in total. The summed E-state index contributed by atoms with van der Waals surface area (Å²) in [6.45, 7) is 0.625. The van der Waals surface area contributed by atoms with E-state index in [9.17, 15) is 0 Å². The van der Waals surface area contributed by atoms with E-state index in [1.807, 2.05) is 47.3 Å². The van der Waals surface area contributed by atoms with E-state index < -0.39 is 0 Å². The normalized spacial score (nSPS) is 10.9. The second-order valence-corrected chi connectivity index (χ2v) is 4.64. The monoisotopic (exact) mass is 257 g/mol. The number of nitrogens with zero attached hydrogens (tertiary/aromatic N) is 2. The average molecular weight is 258 g/mol. The van der Waals surface area contributed by atoms with E-state index in [2.05, 4.69) is 5.10 Å². The summed E-state index contributed by atoms with van der Waals surface area (Å²) < 4.78 is 1.93. The summed E-state index contributed by atoms with van der Waals surface area (Å²) in [6.07, 6.45) is 1.86.